The number of aliphatic carboxylic acids is 1. The van der Waals surface area contributed by atoms with Gasteiger partial charge in [-0.15, -0.1) is 0 Å². The molecule has 4 rings (SSSR count). The number of carbonyl (C=O) groups is 2. The Bertz CT molecular complexity index is 1560. The predicted molar refractivity (Wildman–Crippen MR) is 148 cm³/mol. The van der Waals surface area contributed by atoms with Crippen molar-refractivity contribution in [1.82, 2.24) is 4.90 Å². The van der Waals surface area contributed by atoms with E-state index in [9.17, 15) is 35.9 Å². The standard InChI is InChI=1S/C26H28FN3O4S.C2HF3O2/c1-18-7-9-22(15-19(18)2)35(33,34)28-24-16-20(26(31)32)8-10-25(24)30-13-11-29(12-14-30)17-21-5-3-4-6-23(21)27;3-2(4,5)1(6)7/h3-10,15-16,28H,11-14,17H2,1-2H3,(H,31,32);(H,6,7). The van der Waals surface area contributed by atoms with Crippen LogP contribution in [0, 0.1) is 19.7 Å². The Morgan fingerprint density at radius 1 is 0.905 bits per heavy atom. The molecule has 226 valence electrons. The molecule has 0 saturated carbocycles. The van der Waals surface area contributed by atoms with Crippen LogP contribution in [0.2, 0.25) is 0 Å². The van der Waals surface area contributed by atoms with E-state index in [1.165, 1.54) is 24.3 Å². The molecule has 0 spiro atoms. The molecule has 3 aromatic carbocycles. The van der Waals surface area contributed by atoms with Gasteiger partial charge in [0.05, 0.1) is 21.8 Å². The molecule has 3 N–H and O–H groups in total. The van der Waals surface area contributed by atoms with Crippen molar-refractivity contribution in [3.8, 4) is 0 Å². The molecule has 0 aromatic heterocycles. The van der Waals surface area contributed by atoms with E-state index in [0.29, 0.717) is 44.0 Å². The van der Waals surface area contributed by atoms with Crippen LogP contribution in [-0.4, -0.2) is 67.8 Å². The first-order chi connectivity index (χ1) is 19.6. The molecule has 0 radical (unpaired) electrons. The van der Waals surface area contributed by atoms with Crippen LogP contribution in [-0.2, 0) is 21.4 Å². The second-order valence-corrected chi connectivity index (χ2v) is 11.2. The lowest BCUT2D eigenvalue weighted by Crippen LogP contribution is -2.46. The normalized spacial score (nSPS) is 14.1. The van der Waals surface area contributed by atoms with Crippen molar-refractivity contribution in [3.63, 3.8) is 0 Å². The Hall–Kier alpha value is -4.17. The SMILES string of the molecule is Cc1ccc(S(=O)(=O)Nc2cc(C(=O)O)ccc2N2CCN(Cc3ccccc3F)CC2)cc1C.O=C(O)C(F)(F)F. The molecular weight excluding hydrogens is 582 g/mol. The van der Waals surface area contributed by atoms with E-state index >= 15 is 0 Å². The monoisotopic (exact) mass is 611 g/mol. The summed E-state index contributed by atoms with van der Waals surface area (Å²) in [6.45, 7) is 6.70. The number of sulfonamides is 1. The van der Waals surface area contributed by atoms with Crippen molar-refractivity contribution < 1.29 is 45.8 Å². The number of benzene rings is 3. The number of carboxylic acids is 2. The fourth-order valence-electron chi connectivity index (χ4n) is 4.13. The minimum absolute atomic E-state index is 0.00951. The van der Waals surface area contributed by atoms with Crippen molar-refractivity contribution in [3.05, 3.63) is 88.7 Å². The molecule has 9 nitrogen and oxygen atoms in total. The molecule has 1 aliphatic rings. The van der Waals surface area contributed by atoms with E-state index in [2.05, 4.69) is 9.62 Å². The smallest absolute Gasteiger partial charge is 0.478 e. The molecule has 1 saturated heterocycles. The molecule has 0 unspecified atom stereocenters. The number of anilines is 2. The van der Waals surface area contributed by atoms with Gasteiger partial charge in [-0.2, -0.15) is 13.2 Å². The van der Waals surface area contributed by atoms with E-state index in [1.807, 2.05) is 24.8 Å². The minimum atomic E-state index is -5.08. The number of aromatic carboxylic acids is 1. The highest BCUT2D eigenvalue weighted by molar-refractivity contribution is 7.92. The van der Waals surface area contributed by atoms with Crippen LogP contribution < -0.4 is 9.62 Å². The molecule has 42 heavy (non-hydrogen) atoms. The topological polar surface area (TPSA) is 127 Å². The third-order valence-corrected chi connectivity index (χ3v) is 7.95. The number of nitrogens with zero attached hydrogens (tertiary/aromatic N) is 2. The maximum absolute atomic E-state index is 14.0. The first-order valence-electron chi connectivity index (χ1n) is 12.6. The van der Waals surface area contributed by atoms with Crippen LogP contribution >= 0.6 is 0 Å². The molecule has 0 aliphatic carbocycles. The Balaban J connectivity index is 0.000000616. The Labute approximate surface area is 240 Å². The molecule has 3 aromatic rings. The van der Waals surface area contributed by atoms with Crippen molar-refractivity contribution in [1.29, 1.82) is 0 Å². The third kappa shape index (κ3) is 8.42. The van der Waals surface area contributed by atoms with E-state index in [-0.39, 0.29) is 22.0 Å². The molecule has 1 aliphatic heterocycles. The number of hydrogen-bond donors (Lipinski definition) is 3. The Morgan fingerprint density at radius 2 is 1.52 bits per heavy atom. The highest BCUT2D eigenvalue weighted by atomic mass is 32.2. The maximum atomic E-state index is 14.0. The predicted octanol–water partition coefficient (Wildman–Crippen LogP) is 4.90. The van der Waals surface area contributed by atoms with Gasteiger partial charge in [0.1, 0.15) is 5.82 Å². The molecule has 14 heteroatoms. The summed E-state index contributed by atoms with van der Waals surface area (Å²) in [5, 5.41) is 16.6. The first kappa shape index (κ1) is 32.3. The summed E-state index contributed by atoms with van der Waals surface area (Å²) in [5.74, 6) is -4.13. The third-order valence-electron chi connectivity index (χ3n) is 6.58. The van der Waals surface area contributed by atoms with Crippen LogP contribution in [0.4, 0.5) is 28.9 Å². The van der Waals surface area contributed by atoms with Crippen LogP contribution in [0.1, 0.15) is 27.0 Å². The number of halogens is 4. The van der Waals surface area contributed by atoms with Crippen molar-refractivity contribution in [2.24, 2.45) is 0 Å². The first-order valence-corrected chi connectivity index (χ1v) is 14.0. The van der Waals surface area contributed by atoms with Gasteiger partial charge in [-0.1, -0.05) is 24.3 Å². The van der Waals surface area contributed by atoms with Crippen molar-refractivity contribution in [2.45, 2.75) is 31.5 Å². The molecule has 1 fully saturated rings. The summed E-state index contributed by atoms with van der Waals surface area (Å²) in [6.07, 6.45) is -5.08. The van der Waals surface area contributed by atoms with Gasteiger partial charge < -0.3 is 15.1 Å². The summed E-state index contributed by atoms with van der Waals surface area (Å²) in [4.78, 5) is 24.7. The zero-order valence-electron chi connectivity index (χ0n) is 22.7. The Kier molecular flexibility index (Phi) is 10.2. The van der Waals surface area contributed by atoms with Gasteiger partial charge in [-0.05, 0) is 61.4 Å². The number of aryl methyl sites for hydroxylation is 2. The van der Waals surface area contributed by atoms with Crippen LogP contribution in [0.3, 0.4) is 0 Å². The number of hydrogen-bond acceptors (Lipinski definition) is 6. The zero-order valence-corrected chi connectivity index (χ0v) is 23.5. The molecule has 1 heterocycles. The highest BCUT2D eigenvalue weighted by Gasteiger charge is 2.38. The molecule has 0 bridgehead atoms. The highest BCUT2D eigenvalue weighted by Crippen LogP contribution is 2.31. The summed E-state index contributed by atoms with van der Waals surface area (Å²) >= 11 is 0. The van der Waals surface area contributed by atoms with Gasteiger partial charge in [0.25, 0.3) is 10.0 Å². The number of alkyl halides is 3. The van der Waals surface area contributed by atoms with E-state index in [0.717, 1.165) is 11.1 Å². The van der Waals surface area contributed by atoms with Crippen LogP contribution in [0.15, 0.2) is 65.6 Å². The summed E-state index contributed by atoms with van der Waals surface area (Å²) in [5.41, 5.74) is 3.26. The molecular formula is C28H29F4N3O6S. The fourth-order valence-corrected chi connectivity index (χ4v) is 5.28. The van der Waals surface area contributed by atoms with Gasteiger partial charge >= 0.3 is 18.1 Å². The molecule has 0 amide bonds. The largest absolute Gasteiger partial charge is 0.490 e. The van der Waals surface area contributed by atoms with Crippen LogP contribution in [0.5, 0.6) is 0 Å². The number of carboxylic acid groups (broad SMARTS) is 2. The van der Waals surface area contributed by atoms with Gasteiger partial charge in [-0.25, -0.2) is 22.4 Å². The second-order valence-electron chi connectivity index (χ2n) is 9.55. The van der Waals surface area contributed by atoms with Gasteiger partial charge in [0.15, 0.2) is 0 Å². The lowest BCUT2D eigenvalue weighted by atomic mass is 10.1. The summed E-state index contributed by atoms with van der Waals surface area (Å²) in [6, 6.07) is 16.0. The average molecular weight is 612 g/mol. The lowest BCUT2D eigenvalue weighted by Gasteiger charge is -2.37. The average Bonchev–Trinajstić information content (AvgIpc) is 2.91. The lowest BCUT2D eigenvalue weighted by molar-refractivity contribution is -0.192. The quantitative estimate of drug-likeness (QED) is 0.322. The van der Waals surface area contributed by atoms with Gasteiger partial charge in [0, 0.05) is 38.3 Å². The maximum Gasteiger partial charge on any atom is 0.490 e. The van der Waals surface area contributed by atoms with E-state index in [4.69, 9.17) is 9.90 Å². The summed E-state index contributed by atoms with van der Waals surface area (Å²) < 4.78 is 74.7. The Morgan fingerprint density at radius 3 is 2.07 bits per heavy atom. The number of rotatable bonds is 7. The number of nitrogens with one attached hydrogen (secondary N) is 1. The zero-order chi connectivity index (χ0) is 31.2. The number of piperazine rings is 1. The van der Waals surface area contributed by atoms with Gasteiger partial charge in [-0.3, -0.25) is 9.62 Å². The summed E-state index contributed by atoms with van der Waals surface area (Å²) in [7, 11) is -3.93. The second kappa shape index (κ2) is 13.2. The minimum Gasteiger partial charge on any atom is -0.478 e. The van der Waals surface area contributed by atoms with E-state index < -0.39 is 28.1 Å². The van der Waals surface area contributed by atoms with Crippen molar-refractivity contribution >= 4 is 33.3 Å². The van der Waals surface area contributed by atoms with Crippen molar-refractivity contribution in [2.75, 3.05) is 35.8 Å². The van der Waals surface area contributed by atoms with Gasteiger partial charge in [0.2, 0.25) is 0 Å². The fraction of sp³-hybridized carbons (Fsp3) is 0.286. The molecule has 0 atom stereocenters. The van der Waals surface area contributed by atoms with E-state index in [1.54, 1.807) is 30.3 Å². The van der Waals surface area contributed by atoms with Crippen LogP contribution in [0.25, 0.3) is 0 Å².